The molecule has 0 unspecified atom stereocenters. The molecule has 3 aliphatic rings. The molecule has 1 aromatic heterocycles. The van der Waals surface area contributed by atoms with E-state index < -0.39 is 0 Å². The number of fused-ring (bicyclic) bond motifs is 12. The van der Waals surface area contributed by atoms with E-state index in [2.05, 4.69) is 169 Å². The molecule has 0 N–H and O–H groups in total. The normalized spacial score (nSPS) is 12.2. The molecule has 0 aliphatic heterocycles. The average Bonchev–Trinajstić information content (AvgIpc) is 4.01. The first kappa shape index (κ1) is 49.7. The van der Waals surface area contributed by atoms with Gasteiger partial charge in [0.05, 0.1) is 11.0 Å². The number of nitrogens with zero attached hydrogens (tertiary/aromatic N) is 1. The highest BCUT2D eigenvalue weighted by molar-refractivity contribution is 6.27. The van der Waals surface area contributed by atoms with Crippen LogP contribution in [0, 0.1) is 6.92 Å². The number of aromatic nitrogens is 1. The van der Waals surface area contributed by atoms with Crippen molar-refractivity contribution in [1.82, 2.24) is 4.57 Å². The van der Waals surface area contributed by atoms with Gasteiger partial charge >= 0.3 is 0 Å². The van der Waals surface area contributed by atoms with Crippen LogP contribution in [0.1, 0.15) is 67.2 Å². The summed E-state index contributed by atoms with van der Waals surface area (Å²) in [4.78, 5) is 41.9. The molecule has 0 saturated heterocycles. The lowest BCUT2D eigenvalue weighted by Crippen LogP contribution is -1.99. The zero-order chi connectivity index (χ0) is 55.6. The molecule has 0 atom stereocenters. The third kappa shape index (κ3) is 8.10. The van der Waals surface area contributed by atoms with Crippen LogP contribution in [-0.2, 0) is 0 Å². The second kappa shape index (κ2) is 20.3. The Bertz CT molecular complexity index is 4580. The molecule has 12 aromatic carbocycles. The lowest BCUT2D eigenvalue weighted by atomic mass is 9.92. The highest BCUT2D eigenvalue weighted by Gasteiger charge is 2.32. The summed E-state index contributed by atoms with van der Waals surface area (Å²) in [6.07, 6.45) is 0. The van der Waals surface area contributed by atoms with Crippen LogP contribution in [0.25, 0.3) is 117 Å². The van der Waals surface area contributed by atoms with Crippen LogP contribution in [0.3, 0.4) is 0 Å². The minimum absolute atomic E-state index is 0.0540. The smallest absolute Gasteiger partial charge is 0.194 e. The van der Waals surface area contributed by atoms with Gasteiger partial charge in [-0.2, -0.15) is 0 Å². The van der Waals surface area contributed by atoms with Crippen LogP contribution in [0.5, 0.6) is 0 Å². The van der Waals surface area contributed by atoms with E-state index in [9.17, 15) is 14.4 Å². The first-order valence-electron chi connectivity index (χ1n) is 28.1. The molecule has 0 amide bonds. The maximum absolute atomic E-state index is 14.0. The molecular weight excluding hydrogens is 999 g/mol. The van der Waals surface area contributed by atoms with E-state index in [-0.39, 0.29) is 17.3 Å². The van der Waals surface area contributed by atoms with Gasteiger partial charge in [-0.1, -0.05) is 238 Å². The van der Waals surface area contributed by atoms with Crippen LogP contribution in [0.2, 0.25) is 0 Å². The van der Waals surface area contributed by atoms with E-state index in [1.807, 2.05) is 123 Å². The van der Waals surface area contributed by atoms with Crippen molar-refractivity contribution in [2.24, 2.45) is 0 Å². The van der Waals surface area contributed by atoms with E-state index in [4.69, 9.17) is 0 Å². The molecule has 0 bridgehead atoms. The van der Waals surface area contributed by atoms with Crippen molar-refractivity contribution in [2.75, 3.05) is 0 Å². The standard InChI is InChI=1S/C69H39NO3.C7H8.C2H6/c71-67-57-22-4-1-19-51(57)54-28-10-25-48(64(54)67)44-15-7-13-40(35-44)42-31-33-62-60(38-42)61-39-43(41-14-8-16-45(36-41)49-26-11-29-55-52-20-2-5-23-58(52)68(72)65(49)55)32-34-63(61)70(62)47-18-9-17-46(37-47)50-27-12-30-56-53-21-3-6-24-59(53)69(73)66(50)56;1-7-5-3-2-4-6-7;1-2/h1-39H;2-6H,1H3;1-2H3. The molecule has 13 aromatic rings. The van der Waals surface area contributed by atoms with E-state index in [0.717, 1.165) is 150 Å². The third-order valence-corrected chi connectivity index (χ3v) is 16.4. The van der Waals surface area contributed by atoms with Crippen molar-refractivity contribution in [2.45, 2.75) is 20.8 Å². The summed E-state index contributed by atoms with van der Waals surface area (Å²) in [6, 6.07) is 91.4. The maximum atomic E-state index is 14.0. The van der Waals surface area contributed by atoms with Crippen molar-refractivity contribution in [3.05, 3.63) is 306 Å². The number of rotatable bonds is 6. The van der Waals surface area contributed by atoms with E-state index in [0.29, 0.717) is 0 Å². The summed E-state index contributed by atoms with van der Waals surface area (Å²) >= 11 is 0. The maximum Gasteiger partial charge on any atom is 0.194 e. The quantitative estimate of drug-likeness (QED) is 0.167. The predicted octanol–water partition coefficient (Wildman–Crippen LogP) is 19.8. The van der Waals surface area contributed by atoms with Gasteiger partial charge in [0.2, 0.25) is 0 Å². The van der Waals surface area contributed by atoms with Gasteiger partial charge in [0, 0.05) is 49.8 Å². The molecule has 388 valence electrons. The average molecular weight is 1050 g/mol. The van der Waals surface area contributed by atoms with Gasteiger partial charge in [0.25, 0.3) is 0 Å². The SMILES string of the molecule is CC.Cc1ccccc1.O=C1c2ccccc2-c2cccc(-c3cccc(-c4ccc5c(c4)c4cc(-c6cccc(-c7cccc8c7C(=O)c7ccccc7-8)c6)ccc4n5-c4cccc(-c5cccc6c5C(=O)c5ccccc5-6)c4)c3)c21. The summed E-state index contributed by atoms with van der Waals surface area (Å²) in [6.45, 7) is 6.08. The van der Waals surface area contributed by atoms with Crippen LogP contribution in [0.4, 0.5) is 0 Å². The number of ketones is 3. The lowest BCUT2D eigenvalue weighted by Gasteiger charge is -2.13. The van der Waals surface area contributed by atoms with Crippen LogP contribution >= 0.6 is 0 Å². The zero-order valence-corrected chi connectivity index (χ0v) is 45.6. The summed E-state index contributed by atoms with van der Waals surface area (Å²) < 4.78 is 2.33. The highest BCUT2D eigenvalue weighted by Crippen LogP contribution is 2.46. The lowest BCUT2D eigenvalue weighted by molar-refractivity contribution is 0.103. The van der Waals surface area contributed by atoms with Gasteiger partial charge < -0.3 is 4.57 Å². The fraction of sp³-hybridized carbons (Fsp3) is 0.0385. The molecule has 0 saturated carbocycles. The number of carbonyl (C=O) groups excluding carboxylic acids is 3. The predicted molar refractivity (Wildman–Crippen MR) is 337 cm³/mol. The Morgan fingerprint density at radius 2 is 0.549 bits per heavy atom. The molecule has 4 heteroatoms. The van der Waals surface area contributed by atoms with E-state index in [1.165, 1.54) is 5.56 Å². The van der Waals surface area contributed by atoms with Crippen molar-refractivity contribution >= 4 is 39.2 Å². The Hall–Kier alpha value is -10.6. The fourth-order valence-electron chi connectivity index (χ4n) is 12.7. The molecule has 0 fully saturated rings. The Kier molecular flexibility index (Phi) is 12.3. The molecule has 82 heavy (non-hydrogen) atoms. The number of carbonyl (C=O) groups is 3. The van der Waals surface area contributed by atoms with Crippen molar-refractivity contribution < 1.29 is 14.4 Å². The Balaban J connectivity index is 0.000000619. The van der Waals surface area contributed by atoms with Gasteiger partial charge in [0.15, 0.2) is 17.3 Å². The molecule has 1 heterocycles. The molecule has 0 spiro atoms. The van der Waals surface area contributed by atoms with Gasteiger partial charge in [-0.25, -0.2) is 0 Å². The first-order chi connectivity index (χ1) is 40.4. The van der Waals surface area contributed by atoms with E-state index >= 15 is 0 Å². The van der Waals surface area contributed by atoms with Crippen molar-refractivity contribution in [1.29, 1.82) is 0 Å². The second-order valence-corrected chi connectivity index (χ2v) is 21.0. The molecule has 3 aliphatic carbocycles. The second-order valence-electron chi connectivity index (χ2n) is 21.0. The van der Waals surface area contributed by atoms with Gasteiger partial charge in [0.1, 0.15) is 0 Å². The number of benzene rings is 12. The van der Waals surface area contributed by atoms with Crippen molar-refractivity contribution in [3.63, 3.8) is 0 Å². The van der Waals surface area contributed by atoms with Gasteiger partial charge in [-0.15, -0.1) is 0 Å². The van der Waals surface area contributed by atoms with Gasteiger partial charge in [-0.05, 0) is 144 Å². The molecular formula is C78H53NO3. The number of hydrogen-bond acceptors (Lipinski definition) is 3. The highest BCUT2D eigenvalue weighted by atomic mass is 16.1. The minimum Gasteiger partial charge on any atom is -0.309 e. The van der Waals surface area contributed by atoms with E-state index in [1.54, 1.807) is 0 Å². The molecule has 4 nitrogen and oxygen atoms in total. The zero-order valence-electron chi connectivity index (χ0n) is 45.6. The largest absolute Gasteiger partial charge is 0.309 e. The van der Waals surface area contributed by atoms with Crippen molar-refractivity contribution in [3.8, 4) is 94.7 Å². The molecule has 16 rings (SSSR count). The summed E-state index contributed by atoms with van der Waals surface area (Å²) in [5.41, 5.74) is 24.6. The Morgan fingerprint density at radius 1 is 0.244 bits per heavy atom. The Morgan fingerprint density at radius 3 is 0.939 bits per heavy atom. The third-order valence-electron chi connectivity index (χ3n) is 16.4. The topological polar surface area (TPSA) is 56.1 Å². The van der Waals surface area contributed by atoms with Crippen LogP contribution < -0.4 is 0 Å². The first-order valence-corrected chi connectivity index (χ1v) is 28.1. The van der Waals surface area contributed by atoms with Crippen LogP contribution in [0.15, 0.2) is 267 Å². The molecule has 0 radical (unpaired) electrons. The Labute approximate surface area is 476 Å². The number of aryl methyl sites for hydroxylation is 1. The minimum atomic E-state index is 0.0540. The van der Waals surface area contributed by atoms with Gasteiger partial charge in [-0.3, -0.25) is 14.4 Å². The summed E-state index contributed by atoms with van der Waals surface area (Å²) in [7, 11) is 0. The summed E-state index contributed by atoms with van der Waals surface area (Å²) in [5, 5.41) is 2.17. The van der Waals surface area contributed by atoms with Crippen LogP contribution in [-0.4, -0.2) is 21.9 Å². The number of hydrogen-bond donors (Lipinski definition) is 0. The summed E-state index contributed by atoms with van der Waals surface area (Å²) in [5.74, 6) is 0.177. The monoisotopic (exact) mass is 1050 g/mol. The fourth-order valence-corrected chi connectivity index (χ4v) is 12.7.